The maximum absolute atomic E-state index is 13.2. The van der Waals surface area contributed by atoms with E-state index in [0.29, 0.717) is 34.3 Å². The summed E-state index contributed by atoms with van der Waals surface area (Å²) < 4.78 is 7.08. The van der Waals surface area contributed by atoms with Gasteiger partial charge in [0.1, 0.15) is 5.75 Å². The molecule has 0 unspecified atom stereocenters. The van der Waals surface area contributed by atoms with E-state index in [0.717, 1.165) is 12.3 Å². The Kier molecular flexibility index (Phi) is 6.38. The molecular weight excluding hydrogens is 398 g/mol. The van der Waals surface area contributed by atoms with Crippen LogP contribution in [0.1, 0.15) is 26.2 Å². The fraction of sp³-hybridized carbons (Fsp3) is 0.348. The van der Waals surface area contributed by atoms with Gasteiger partial charge in [0.15, 0.2) is 5.16 Å². The molecule has 1 aliphatic rings. The minimum absolute atomic E-state index is 0.0347. The topological polar surface area (TPSA) is 73.2 Å². The molecule has 0 atom stereocenters. The van der Waals surface area contributed by atoms with E-state index in [1.54, 1.807) is 10.6 Å². The Balaban J connectivity index is 1.62. The van der Waals surface area contributed by atoms with Crippen molar-refractivity contribution in [1.82, 2.24) is 14.9 Å². The Morgan fingerprint density at radius 1 is 1.20 bits per heavy atom. The van der Waals surface area contributed by atoms with Crippen LogP contribution in [-0.4, -0.2) is 34.4 Å². The second-order valence-corrected chi connectivity index (χ2v) is 8.31. The highest BCUT2D eigenvalue weighted by Crippen LogP contribution is 2.26. The Bertz CT molecular complexity index is 1090. The van der Waals surface area contributed by atoms with Crippen LogP contribution in [-0.2, 0) is 4.79 Å². The van der Waals surface area contributed by atoms with Crippen molar-refractivity contribution in [3.8, 4) is 11.4 Å². The van der Waals surface area contributed by atoms with Crippen LogP contribution in [0.5, 0.6) is 5.75 Å². The van der Waals surface area contributed by atoms with Gasteiger partial charge in [-0.2, -0.15) is 0 Å². The number of fused-ring (bicyclic) bond motifs is 1. The molecule has 6 nitrogen and oxygen atoms in total. The van der Waals surface area contributed by atoms with Gasteiger partial charge in [-0.15, -0.1) is 0 Å². The number of aromatic nitrogens is 2. The Labute approximate surface area is 179 Å². The lowest BCUT2D eigenvalue weighted by Crippen LogP contribution is -2.33. The van der Waals surface area contributed by atoms with Crippen molar-refractivity contribution in [2.45, 2.75) is 31.3 Å². The summed E-state index contributed by atoms with van der Waals surface area (Å²) in [6.45, 7) is 3.24. The van der Waals surface area contributed by atoms with Crippen molar-refractivity contribution in [3.63, 3.8) is 0 Å². The first-order chi connectivity index (χ1) is 14.7. The number of hydrogen-bond acceptors (Lipinski definition) is 5. The summed E-state index contributed by atoms with van der Waals surface area (Å²) >= 11 is 1.28. The van der Waals surface area contributed by atoms with Crippen LogP contribution in [0.15, 0.2) is 58.5 Å². The van der Waals surface area contributed by atoms with Gasteiger partial charge in [0.25, 0.3) is 5.56 Å². The van der Waals surface area contributed by atoms with Gasteiger partial charge in [0.05, 0.1) is 29.0 Å². The largest absolute Gasteiger partial charge is 0.494 e. The minimum atomic E-state index is -0.151. The van der Waals surface area contributed by atoms with Crippen LogP contribution in [0.25, 0.3) is 16.6 Å². The van der Waals surface area contributed by atoms with E-state index >= 15 is 0 Å². The van der Waals surface area contributed by atoms with Gasteiger partial charge in [0, 0.05) is 6.54 Å². The summed E-state index contributed by atoms with van der Waals surface area (Å²) in [4.78, 5) is 30.2. The predicted octanol–water partition coefficient (Wildman–Crippen LogP) is 3.79. The van der Waals surface area contributed by atoms with Crippen LogP contribution in [0.3, 0.4) is 0 Å². The highest BCUT2D eigenvalue weighted by Gasteiger charge is 2.19. The van der Waals surface area contributed by atoms with Crippen molar-refractivity contribution in [2.24, 2.45) is 5.92 Å². The number of para-hydroxylation sites is 1. The number of ether oxygens (including phenoxy) is 1. The third kappa shape index (κ3) is 4.51. The molecule has 2 aromatic carbocycles. The zero-order valence-corrected chi connectivity index (χ0v) is 17.8. The number of carbonyl (C=O) groups excluding carboxylic acids is 1. The second-order valence-electron chi connectivity index (χ2n) is 7.37. The van der Waals surface area contributed by atoms with Gasteiger partial charge in [0.2, 0.25) is 5.91 Å². The average Bonchev–Trinajstić information content (AvgIpc) is 2.72. The van der Waals surface area contributed by atoms with Crippen molar-refractivity contribution in [2.75, 3.05) is 18.9 Å². The number of nitrogens with one attached hydrogen (secondary N) is 1. The fourth-order valence-corrected chi connectivity index (χ4v) is 4.27. The first-order valence-corrected chi connectivity index (χ1v) is 11.3. The van der Waals surface area contributed by atoms with E-state index in [9.17, 15) is 9.59 Å². The molecule has 4 rings (SSSR count). The van der Waals surface area contributed by atoms with Crippen molar-refractivity contribution >= 4 is 28.6 Å². The lowest BCUT2D eigenvalue weighted by atomic mass is 9.85. The molecular formula is C23H25N3O3S. The van der Waals surface area contributed by atoms with Gasteiger partial charge < -0.3 is 10.1 Å². The third-order valence-electron chi connectivity index (χ3n) is 5.30. The highest BCUT2D eigenvalue weighted by atomic mass is 32.2. The number of hydrogen-bond donors (Lipinski definition) is 1. The number of carbonyl (C=O) groups is 1. The molecule has 0 spiro atoms. The molecule has 1 aromatic heterocycles. The standard InChI is InChI=1S/C23H25N3O3S/c1-2-29-18-12-10-17(11-13-18)26-22(28)19-8-3-4-9-20(19)25-23(26)30-15-21(27)24-14-16-6-5-7-16/h3-4,8-13,16H,2,5-7,14-15H2,1H3,(H,24,27). The molecule has 1 N–H and O–H groups in total. The maximum Gasteiger partial charge on any atom is 0.266 e. The molecule has 30 heavy (non-hydrogen) atoms. The number of amides is 1. The van der Waals surface area contributed by atoms with E-state index in [-0.39, 0.29) is 17.2 Å². The van der Waals surface area contributed by atoms with E-state index in [4.69, 9.17) is 4.74 Å². The van der Waals surface area contributed by atoms with Gasteiger partial charge in [-0.1, -0.05) is 30.3 Å². The summed E-state index contributed by atoms with van der Waals surface area (Å²) in [5.41, 5.74) is 1.17. The normalized spacial score (nSPS) is 13.8. The third-order valence-corrected chi connectivity index (χ3v) is 6.23. The molecule has 3 aromatic rings. The van der Waals surface area contributed by atoms with Crippen molar-refractivity contribution < 1.29 is 9.53 Å². The molecule has 1 amide bonds. The minimum Gasteiger partial charge on any atom is -0.494 e. The predicted molar refractivity (Wildman–Crippen MR) is 120 cm³/mol. The quantitative estimate of drug-likeness (QED) is 0.441. The Hall–Kier alpha value is -2.80. The van der Waals surface area contributed by atoms with Crippen LogP contribution in [0.4, 0.5) is 0 Å². The molecule has 0 saturated heterocycles. The van der Waals surface area contributed by atoms with Crippen molar-refractivity contribution in [3.05, 3.63) is 58.9 Å². The molecule has 1 heterocycles. The summed E-state index contributed by atoms with van der Waals surface area (Å²) in [7, 11) is 0. The summed E-state index contributed by atoms with van der Waals surface area (Å²) in [6, 6.07) is 14.6. The number of thioether (sulfide) groups is 1. The van der Waals surface area contributed by atoms with Crippen LogP contribution >= 0.6 is 11.8 Å². The van der Waals surface area contributed by atoms with E-state index in [1.165, 1.54) is 31.0 Å². The first-order valence-electron chi connectivity index (χ1n) is 10.3. The van der Waals surface area contributed by atoms with E-state index < -0.39 is 0 Å². The lowest BCUT2D eigenvalue weighted by molar-refractivity contribution is -0.118. The average molecular weight is 424 g/mol. The molecule has 0 bridgehead atoms. The highest BCUT2D eigenvalue weighted by molar-refractivity contribution is 7.99. The Morgan fingerprint density at radius 3 is 2.67 bits per heavy atom. The van der Waals surface area contributed by atoms with E-state index in [1.807, 2.05) is 49.4 Å². The van der Waals surface area contributed by atoms with E-state index in [2.05, 4.69) is 10.3 Å². The summed E-state index contributed by atoms with van der Waals surface area (Å²) in [5.74, 6) is 1.54. The van der Waals surface area contributed by atoms with Gasteiger partial charge in [-0.25, -0.2) is 4.98 Å². The molecule has 0 aliphatic heterocycles. The SMILES string of the molecule is CCOc1ccc(-n2c(SCC(=O)NCC3CCC3)nc3ccccc3c2=O)cc1. The Morgan fingerprint density at radius 2 is 1.97 bits per heavy atom. The van der Waals surface area contributed by atoms with Crippen molar-refractivity contribution in [1.29, 1.82) is 0 Å². The molecule has 1 fully saturated rings. The lowest BCUT2D eigenvalue weighted by Gasteiger charge is -2.25. The van der Waals surface area contributed by atoms with Crippen LogP contribution < -0.4 is 15.6 Å². The first kappa shape index (κ1) is 20.5. The van der Waals surface area contributed by atoms with Gasteiger partial charge in [-0.3, -0.25) is 14.2 Å². The van der Waals surface area contributed by atoms with Crippen LogP contribution in [0, 0.1) is 5.92 Å². The molecule has 1 aliphatic carbocycles. The number of nitrogens with zero attached hydrogens (tertiary/aromatic N) is 2. The van der Waals surface area contributed by atoms with Crippen LogP contribution in [0.2, 0.25) is 0 Å². The maximum atomic E-state index is 13.2. The number of rotatable bonds is 8. The number of benzene rings is 2. The van der Waals surface area contributed by atoms with Gasteiger partial charge in [-0.05, 0) is 62.1 Å². The summed E-state index contributed by atoms with van der Waals surface area (Å²) in [6.07, 6.45) is 3.64. The molecule has 7 heteroatoms. The molecule has 156 valence electrons. The summed E-state index contributed by atoms with van der Waals surface area (Å²) in [5, 5.41) is 4.04. The zero-order valence-electron chi connectivity index (χ0n) is 17.0. The molecule has 0 radical (unpaired) electrons. The van der Waals surface area contributed by atoms with Gasteiger partial charge >= 0.3 is 0 Å². The fourth-order valence-electron chi connectivity index (χ4n) is 3.43. The monoisotopic (exact) mass is 423 g/mol. The smallest absolute Gasteiger partial charge is 0.266 e. The second kappa shape index (κ2) is 9.34. The molecule has 1 saturated carbocycles. The zero-order chi connectivity index (χ0) is 20.9.